The molecule has 0 amide bonds. The summed E-state index contributed by atoms with van der Waals surface area (Å²) in [7, 11) is 1.46. The molecule has 5 rings (SSSR count). The van der Waals surface area contributed by atoms with Crippen molar-refractivity contribution in [1.29, 1.82) is 0 Å². The lowest BCUT2D eigenvalue weighted by Gasteiger charge is -2.37. The number of aryl methyl sites for hydroxylation is 1. The summed E-state index contributed by atoms with van der Waals surface area (Å²) in [6, 6.07) is 12.1. The highest BCUT2D eigenvalue weighted by Gasteiger charge is 2.30. The Labute approximate surface area is 209 Å². The molecule has 1 unspecified atom stereocenters. The van der Waals surface area contributed by atoms with Crippen molar-refractivity contribution < 1.29 is 19.0 Å². The smallest absolute Gasteiger partial charge is 0.338 e. The lowest BCUT2D eigenvalue weighted by molar-refractivity contribution is 0.0164. The summed E-state index contributed by atoms with van der Waals surface area (Å²) in [6.45, 7) is 10.4. The topological polar surface area (TPSA) is 51.2 Å². The van der Waals surface area contributed by atoms with Crippen LogP contribution in [0.5, 0.6) is 0 Å². The summed E-state index contributed by atoms with van der Waals surface area (Å²) in [5.41, 5.74) is 7.89. The Morgan fingerprint density at radius 3 is 2.49 bits per heavy atom. The van der Waals surface area contributed by atoms with Gasteiger partial charge in [0.1, 0.15) is 0 Å². The van der Waals surface area contributed by atoms with Gasteiger partial charge in [-0.2, -0.15) is 0 Å². The Morgan fingerprint density at radius 1 is 1.03 bits per heavy atom. The van der Waals surface area contributed by atoms with Gasteiger partial charge in [-0.15, -0.1) is 0 Å². The van der Waals surface area contributed by atoms with Crippen molar-refractivity contribution in [2.45, 2.75) is 51.6 Å². The second kappa shape index (κ2) is 10.7. The summed E-state index contributed by atoms with van der Waals surface area (Å²) >= 11 is 0. The fourth-order valence-electron chi connectivity index (χ4n) is 6.15. The van der Waals surface area contributed by atoms with E-state index >= 15 is 0 Å². The van der Waals surface area contributed by atoms with Crippen LogP contribution in [0.1, 0.15) is 59.3 Å². The maximum absolute atomic E-state index is 12.8. The minimum Gasteiger partial charge on any atom is -0.465 e. The van der Waals surface area contributed by atoms with Crippen molar-refractivity contribution in [3.05, 3.63) is 52.6 Å². The third kappa shape index (κ3) is 4.84. The first kappa shape index (κ1) is 24.3. The molecule has 0 spiro atoms. The van der Waals surface area contributed by atoms with E-state index in [1.807, 2.05) is 13.0 Å². The van der Waals surface area contributed by atoms with E-state index in [0.29, 0.717) is 17.6 Å². The third-order valence-electron chi connectivity index (χ3n) is 8.08. The van der Waals surface area contributed by atoms with E-state index in [1.165, 1.54) is 30.2 Å². The molecule has 0 bridgehead atoms. The number of anilines is 1. The van der Waals surface area contributed by atoms with Crippen molar-refractivity contribution >= 4 is 11.7 Å². The summed E-state index contributed by atoms with van der Waals surface area (Å²) in [5.74, 6) is -0.276. The van der Waals surface area contributed by atoms with Crippen LogP contribution in [0.25, 0.3) is 11.1 Å². The first-order valence-corrected chi connectivity index (χ1v) is 13.1. The zero-order valence-electron chi connectivity index (χ0n) is 21.3. The van der Waals surface area contributed by atoms with Gasteiger partial charge < -0.3 is 19.1 Å². The number of nitrogens with zero attached hydrogens (tertiary/aromatic N) is 2. The molecule has 1 aliphatic carbocycles. The number of fused-ring (bicyclic) bond motifs is 1. The highest BCUT2D eigenvalue weighted by atomic mass is 16.5. The van der Waals surface area contributed by atoms with E-state index in [0.717, 1.165) is 82.1 Å². The Hall–Kier alpha value is -2.41. The fraction of sp³-hybridized carbons (Fsp3) is 0.552. The standard InChI is InChI=1S/C29H38N2O4/c1-4-31(24-9-13-34-14-10-24)28-19-23(18-26(20(28)2)29(32)33-3)21-5-7-25-22(17-21)6-8-27(25)30-11-15-35-16-12-30/h5,7,17-19,24,27H,4,6,8-16H2,1-3H3. The first-order valence-electron chi connectivity index (χ1n) is 13.1. The molecule has 2 heterocycles. The average molecular weight is 479 g/mol. The highest BCUT2D eigenvalue weighted by Crippen LogP contribution is 2.40. The lowest BCUT2D eigenvalue weighted by Crippen LogP contribution is -2.40. The zero-order valence-corrected chi connectivity index (χ0v) is 21.3. The molecular weight excluding hydrogens is 440 g/mol. The van der Waals surface area contributed by atoms with Crippen LogP contribution in [0.2, 0.25) is 0 Å². The molecule has 0 aromatic heterocycles. The van der Waals surface area contributed by atoms with Crippen LogP contribution in [-0.4, -0.2) is 70.1 Å². The molecule has 188 valence electrons. The van der Waals surface area contributed by atoms with Crippen LogP contribution in [0.4, 0.5) is 5.69 Å². The number of esters is 1. The minimum absolute atomic E-state index is 0.276. The molecule has 3 aliphatic rings. The number of morpholine rings is 1. The van der Waals surface area contributed by atoms with Gasteiger partial charge in [-0.1, -0.05) is 18.2 Å². The van der Waals surface area contributed by atoms with Crippen molar-refractivity contribution in [1.82, 2.24) is 4.90 Å². The molecular formula is C29H38N2O4. The Kier molecular flexibility index (Phi) is 7.42. The maximum atomic E-state index is 12.8. The molecule has 0 radical (unpaired) electrons. The second-order valence-electron chi connectivity index (χ2n) is 9.91. The molecule has 2 aromatic rings. The van der Waals surface area contributed by atoms with Crippen molar-refractivity contribution in [3.63, 3.8) is 0 Å². The van der Waals surface area contributed by atoms with Gasteiger partial charge in [0.25, 0.3) is 0 Å². The van der Waals surface area contributed by atoms with E-state index in [1.54, 1.807) is 0 Å². The number of hydrogen-bond donors (Lipinski definition) is 0. The van der Waals surface area contributed by atoms with Gasteiger partial charge in [0.2, 0.25) is 0 Å². The maximum Gasteiger partial charge on any atom is 0.338 e. The minimum atomic E-state index is -0.276. The van der Waals surface area contributed by atoms with Crippen molar-refractivity contribution in [2.75, 3.05) is 58.1 Å². The zero-order chi connectivity index (χ0) is 24.4. The summed E-state index contributed by atoms with van der Waals surface area (Å²) in [4.78, 5) is 17.8. The van der Waals surface area contributed by atoms with Gasteiger partial charge in [-0.05, 0) is 79.5 Å². The quantitative estimate of drug-likeness (QED) is 0.558. The molecule has 35 heavy (non-hydrogen) atoms. The van der Waals surface area contributed by atoms with E-state index in [4.69, 9.17) is 14.2 Å². The van der Waals surface area contributed by atoms with Crippen LogP contribution < -0.4 is 4.90 Å². The number of benzene rings is 2. The summed E-state index contributed by atoms with van der Waals surface area (Å²) in [5, 5.41) is 0. The molecule has 2 fully saturated rings. The normalized spacial score (nSPS) is 21.1. The van der Waals surface area contributed by atoms with Gasteiger partial charge in [0, 0.05) is 50.6 Å². The van der Waals surface area contributed by atoms with Crippen LogP contribution in [0.15, 0.2) is 30.3 Å². The Morgan fingerprint density at radius 2 is 1.77 bits per heavy atom. The molecule has 2 aromatic carbocycles. The van der Waals surface area contributed by atoms with Gasteiger partial charge >= 0.3 is 5.97 Å². The third-order valence-corrected chi connectivity index (χ3v) is 8.08. The van der Waals surface area contributed by atoms with Gasteiger partial charge in [-0.25, -0.2) is 4.79 Å². The average Bonchev–Trinajstić information content (AvgIpc) is 3.34. The summed E-state index contributed by atoms with van der Waals surface area (Å²) < 4.78 is 16.4. The van der Waals surface area contributed by atoms with Gasteiger partial charge in [-0.3, -0.25) is 4.90 Å². The Bertz CT molecular complexity index is 1060. The lowest BCUT2D eigenvalue weighted by atomic mass is 9.94. The van der Waals surface area contributed by atoms with E-state index < -0.39 is 0 Å². The molecule has 2 saturated heterocycles. The molecule has 0 saturated carbocycles. The fourth-order valence-corrected chi connectivity index (χ4v) is 6.15. The molecule has 0 N–H and O–H groups in total. The first-order chi connectivity index (χ1) is 17.1. The van der Waals surface area contributed by atoms with Gasteiger partial charge in [0.05, 0.1) is 25.9 Å². The van der Waals surface area contributed by atoms with Crippen molar-refractivity contribution in [2.24, 2.45) is 0 Å². The largest absolute Gasteiger partial charge is 0.465 e. The van der Waals surface area contributed by atoms with Gasteiger partial charge in [0.15, 0.2) is 0 Å². The van der Waals surface area contributed by atoms with E-state index in [-0.39, 0.29) is 5.97 Å². The Balaban J connectivity index is 1.52. The molecule has 1 atom stereocenters. The predicted molar refractivity (Wildman–Crippen MR) is 138 cm³/mol. The van der Waals surface area contributed by atoms with Crippen LogP contribution >= 0.6 is 0 Å². The summed E-state index contributed by atoms with van der Waals surface area (Å²) in [6.07, 6.45) is 4.27. The number of methoxy groups -OCH3 is 1. The van der Waals surface area contributed by atoms with E-state index in [2.05, 4.69) is 41.0 Å². The van der Waals surface area contributed by atoms with E-state index in [9.17, 15) is 4.79 Å². The van der Waals surface area contributed by atoms with Crippen LogP contribution in [0.3, 0.4) is 0 Å². The number of carbonyl (C=O) groups excluding carboxylic acids is 1. The second-order valence-corrected chi connectivity index (χ2v) is 9.91. The monoisotopic (exact) mass is 478 g/mol. The molecule has 2 aliphatic heterocycles. The number of rotatable bonds is 6. The number of ether oxygens (including phenoxy) is 3. The number of carbonyl (C=O) groups is 1. The highest BCUT2D eigenvalue weighted by molar-refractivity contribution is 5.95. The molecule has 6 heteroatoms. The van der Waals surface area contributed by atoms with Crippen LogP contribution in [0, 0.1) is 6.92 Å². The van der Waals surface area contributed by atoms with Crippen LogP contribution in [-0.2, 0) is 20.6 Å². The molecule has 6 nitrogen and oxygen atoms in total. The SMILES string of the molecule is CCN(c1cc(-c2ccc3c(c2)CCC3N2CCOCC2)cc(C(=O)OC)c1C)C1CCOCC1. The number of hydrogen-bond acceptors (Lipinski definition) is 6. The van der Waals surface area contributed by atoms with Crippen molar-refractivity contribution in [3.8, 4) is 11.1 Å². The predicted octanol–water partition coefficient (Wildman–Crippen LogP) is 4.77.